The maximum atomic E-state index is 10.3. The van der Waals surface area contributed by atoms with Crippen LogP contribution >= 0.6 is 11.6 Å². The van der Waals surface area contributed by atoms with Crippen LogP contribution < -0.4 is 0 Å². The third kappa shape index (κ3) is 3.23. The largest absolute Gasteiger partial charge is 0.280 e. The Morgan fingerprint density at radius 3 is 2.58 bits per heavy atom. The highest BCUT2D eigenvalue weighted by atomic mass is 35.5. The number of hydrogen-bond donors (Lipinski definition) is 0. The first-order valence-electron chi connectivity index (χ1n) is 3.51. The minimum atomic E-state index is -0.418. The maximum Gasteiger partial charge on any atom is 0.233 e. The van der Waals surface area contributed by atoms with Gasteiger partial charge in [-0.2, -0.15) is 0 Å². The topological polar surface area (TPSA) is 17.1 Å². The Morgan fingerprint density at radius 2 is 2.00 bits per heavy atom. The molecule has 2 heteroatoms. The van der Waals surface area contributed by atoms with Gasteiger partial charge in [0.15, 0.2) is 0 Å². The van der Waals surface area contributed by atoms with Crippen LogP contribution in [0.2, 0.25) is 0 Å². The van der Waals surface area contributed by atoms with Gasteiger partial charge in [-0.3, -0.25) is 4.79 Å². The predicted molar refractivity (Wildman–Crippen MR) is 48.8 cm³/mol. The summed E-state index contributed by atoms with van der Waals surface area (Å²) in [5.41, 5.74) is 0.899. The van der Waals surface area contributed by atoms with Crippen molar-refractivity contribution in [3.63, 3.8) is 0 Å². The summed E-state index contributed by atoms with van der Waals surface area (Å²) >= 11 is 5.10. The first-order chi connectivity index (χ1) is 5.79. The molecule has 0 aliphatic rings. The van der Waals surface area contributed by atoms with E-state index in [4.69, 9.17) is 11.6 Å². The molecule has 1 nitrogen and oxygen atoms in total. The maximum absolute atomic E-state index is 10.3. The van der Waals surface area contributed by atoms with Gasteiger partial charge in [0.05, 0.1) is 6.42 Å². The second-order valence-electron chi connectivity index (χ2n) is 2.20. The molecule has 0 bridgehead atoms. The number of carbonyl (C=O) groups excluding carboxylic acids is 1. The second-order valence-corrected chi connectivity index (χ2v) is 2.62. The average Bonchev–Trinajstić information content (AvgIpc) is 2.05. The zero-order valence-corrected chi connectivity index (χ0v) is 7.14. The van der Waals surface area contributed by atoms with E-state index in [2.05, 4.69) is 11.8 Å². The highest BCUT2D eigenvalue weighted by Gasteiger charge is 1.88. The molecule has 0 saturated carbocycles. The smallest absolute Gasteiger partial charge is 0.233 e. The van der Waals surface area contributed by atoms with E-state index in [-0.39, 0.29) is 6.42 Å². The van der Waals surface area contributed by atoms with Crippen molar-refractivity contribution in [2.75, 3.05) is 0 Å². The van der Waals surface area contributed by atoms with E-state index in [1.54, 1.807) is 0 Å². The van der Waals surface area contributed by atoms with E-state index in [0.29, 0.717) is 0 Å². The summed E-state index contributed by atoms with van der Waals surface area (Å²) < 4.78 is 0. The molecule has 60 valence electrons. The lowest BCUT2D eigenvalue weighted by atomic mass is 10.2. The standard InChI is InChI=1S/C10H7ClO/c11-10(12)8-4-7-9-5-2-1-3-6-9/h1-3,5-6H,8H2. The Kier molecular flexibility index (Phi) is 3.37. The van der Waals surface area contributed by atoms with Gasteiger partial charge in [-0.1, -0.05) is 30.0 Å². The van der Waals surface area contributed by atoms with Gasteiger partial charge in [0.2, 0.25) is 5.24 Å². The molecule has 12 heavy (non-hydrogen) atoms. The van der Waals surface area contributed by atoms with E-state index >= 15 is 0 Å². The van der Waals surface area contributed by atoms with Crippen LogP contribution in [0.3, 0.4) is 0 Å². The van der Waals surface area contributed by atoms with E-state index in [0.717, 1.165) is 5.56 Å². The lowest BCUT2D eigenvalue weighted by Crippen LogP contribution is -1.80. The van der Waals surface area contributed by atoms with Crippen LogP contribution in [0.1, 0.15) is 12.0 Å². The molecule has 0 radical (unpaired) electrons. The molecule has 0 heterocycles. The Morgan fingerprint density at radius 1 is 1.33 bits per heavy atom. The Hall–Kier alpha value is -1.26. The lowest BCUT2D eigenvalue weighted by Gasteiger charge is -1.85. The molecule has 1 aromatic rings. The van der Waals surface area contributed by atoms with Crippen LogP contribution in [-0.4, -0.2) is 5.24 Å². The van der Waals surface area contributed by atoms with Gasteiger partial charge < -0.3 is 0 Å². The fourth-order valence-electron chi connectivity index (χ4n) is 0.737. The molecule has 0 saturated heterocycles. The molecule has 0 spiro atoms. The van der Waals surface area contributed by atoms with E-state index in [1.165, 1.54) is 0 Å². The number of benzene rings is 1. The van der Waals surface area contributed by atoms with E-state index in [1.807, 2.05) is 30.3 Å². The van der Waals surface area contributed by atoms with Gasteiger partial charge in [-0.15, -0.1) is 0 Å². The van der Waals surface area contributed by atoms with Gasteiger partial charge >= 0.3 is 0 Å². The normalized spacial score (nSPS) is 8.42. The van der Waals surface area contributed by atoms with Crippen LogP contribution in [0.4, 0.5) is 0 Å². The average molecular weight is 179 g/mol. The monoisotopic (exact) mass is 178 g/mol. The van der Waals surface area contributed by atoms with Crippen molar-refractivity contribution in [2.24, 2.45) is 0 Å². The minimum Gasteiger partial charge on any atom is -0.280 e. The summed E-state index contributed by atoms with van der Waals surface area (Å²) in [6.07, 6.45) is 0.108. The van der Waals surface area contributed by atoms with Gasteiger partial charge in [-0.05, 0) is 23.7 Å². The van der Waals surface area contributed by atoms with Crippen molar-refractivity contribution in [2.45, 2.75) is 6.42 Å². The fraction of sp³-hybridized carbons (Fsp3) is 0.100. The highest BCUT2D eigenvalue weighted by Crippen LogP contribution is 1.95. The van der Waals surface area contributed by atoms with Crippen LogP contribution in [0.25, 0.3) is 0 Å². The minimum absolute atomic E-state index is 0.108. The fourth-order valence-corrected chi connectivity index (χ4v) is 0.804. The van der Waals surface area contributed by atoms with Crippen molar-refractivity contribution in [3.8, 4) is 11.8 Å². The molecule has 1 aromatic carbocycles. The molecule has 0 unspecified atom stereocenters. The second kappa shape index (κ2) is 4.58. The van der Waals surface area contributed by atoms with Gasteiger partial charge in [0, 0.05) is 5.56 Å². The molecular formula is C10H7ClO. The Balaban J connectivity index is 2.61. The summed E-state index contributed by atoms with van der Waals surface area (Å²) in [5, 5.41) is -0.418. The third-order valence-corrected chi connectivity index (χ3v) is 1.37. The lowest BCUT2D eigenvalue weighted by molar-refractivity contribution is -0.110. The van der Waals surface area contributed by atoms with Crippen LogP contribution in [0.15, 0.2) is 30.3 Å². The van der Waals surface area contributed by atoms with Crippen molar-refractivity contribution >= 4 is 16.8 Å². The quantitative estimate of drug-likeness (QED) is 0.476. The Bertz CT molecular complexity index is 319. The van der Waals surface area contributed by atoms with Crippen LogP contribution in [0.5, 0.6) is 0 Å². The van der Waals surface area contributed by atoms with Gasteiger partial charge in [0.25, 0.3) is 0 Å². The zero-order chi connectivity index (χ0) is 8.81. The molecule has 1 rings (SSSR count). The summed E-state index contributed by atoms with van der Waals surface area (Å²) in [6.45, 7) is 0. The van der Waals surface area contributed by atoms with Gasteiger partial charge in [-0.25, -0.2) is 0 Å². The molecule has 0 aromatic heterocycles. The van der Waals surface area contributed by atoms with Crippen LogP contribution in [-0.2, 0) is 4.79 Å². The zero-order valence-electron chi connectivity index (χ0n) is 6.38. The van der Waals surface area contributed by atoms with Crippen molar-refractivity contribution in [3.05, 3.63) is 35.9 Å². The first kappa shape index (κ1) is 8.83. The summed E-state index contributed by atoms with van der Waals surface area (Å²) in [4.78, 5) is 10.3. The molecule has 0 atom stereocenters. The molecular weight excluding hydrogens is 172 g/mol. The van der Waals surface area contributed by atoms with E-state index < -0.39 is 5.24 Å². The number of rotatable bonds is 1. The molecule has 0 N–H and O–H groups in total. The first-order valence-corrected chi connectivity index (χ1v) is 3.89. The number of halogens is 1. The number of carbonyl (C=O) groups is 1. The van der Waals surface area contributed by atoms with Crippen molar-refractivity contribution in [1.29, 1.82) is 0 Å². The van der Waals surface area contributed by atoms with Crippen molar-refractivity contribution < 1.29 is 4.79 Å². The predicted octanol–water partition coefficient (Wildman–Crippen LogP) is 2.19. The highest BCUT2D eigenvalue weighted by molar-refractivity contribution is 6.63. The van der Waals surface area contributed by atoms with Gasteiger partial charge in [0.1, 0.15) is 0 Å². The molecule has 0 aliphatic carbocycles. The SMILES string of the molecule is O=C(Cl)CC#Cc1ccccc1. The van der Waals surface area contributed by atoms with E-state index in [9.17, 15) is 4.79 Å². The summed E-state index contributed by atoms with van der Waals surface area (Å²) in [7, 11) is 0. The molecule has 0 fully saturated rings. The summed E-state index contributed by atoms with van der Waals surface area (Å²) in [6, 6.07) is 9.47. The summed E-state index contributed by atoms with van der Waals surface area (Å²) in [5.74, 6) is 5.49. The van der Waals surface area contributed by atoms with Crippen LogP contribution in [0, 0.1) is 11.8 Å². The molecule has 0 amide bonds. The van der Waals surface area contributed by atoms with Crippen molar-refractivity contribution in [1.82, 2.24) is 0 Å². The third-order valence-electron chi connectivity index (χ3n) is 1.23. The Labute approximate surface area is 76.4 Å². The molecule has 0 aliphatic heterocycles. The number of hydrogen-bond acceptors (Lipinski definition) is 1.